The number of rotatable bonds is 3. The van der Waals surface area contributed by atoms with Crippen LogP contribution in [0.15, 0.2) is 23.1 Å². The number of sulfonamides is 1. The lowest BCUT2D eigenvalue weighted by Gasteiger charge is -2.41. The zero-order chi connectivity index (χ0) is 18.6. The summed E-state index contributed by atoms with van der Waals surface area (Å²) in [4.78, 5) is 2.81. The molecule has 2 atom stereocenters. The smallest absolute Gasteiger partial charge is 0.243 e. The van der Waals surface area contributed by atoms with Crippen molar-refractivity contribution in [3.05, 3.63) is 18.2 Å². The van der Waals surface area contributed by atoms with E-state index in [4.69, 9.17) is 14.2 Å². The maximum atomic E-state index is 13.1. The van der Waals surface area contributed by atoms with Gasteiger partial charge in [0.15, 0.2) is 11.5 Å². The van der Waals surface area contributed by atoms with Crippen LogP contribution in [0.3, 0.4) is 0 Å². The molecule has 4 aliphatic rings. The zero-order valence-electron chi connectivity index (χ0n) is 15.6. The normalized spacial score (nSPS) is 30.1. The van der Waals surface area contributed by atoms with Crippen LogP contribution in [-0.4, -0.2) is 69.9 Å². The van der Waals surface area contributed by atoms with E-state index in [9.17, 15) is 8.42 Å². The Kier molecular flexibility index (Phi) is 4.16. The molecule has 1 spiro atoms. The number of likely N-dealkylation sites (tertiary alicyclic amines) is 1. The average molecular weight is 394 g/mol. The molecule has 0 saturated carbocycles. The first-order valence-electron chi connectivity index (χ1n) is 9.75. The van der Waals surface area contributed by atoms with Crippen LogP contribution in [0, 0.1) is 11.3 Å². The van der Waals surface area contributed by atoms with Crippen molar-refractivity contribution in [2.24, 2.45) is 11.3 Å². The molecule has 5 rings (SSSR count). The molecule has 0 amide bonds. The quantitative estimate of drug-likeness (QED) is 0.775. The molecule has 7 nitrogen and oxygen atoms in total. The first-order chi connectivity index (χ1) is 13.0. The summed E-state index contributed by atoms with van der Waals surface area (Å²) in [5.74, 6) is 1.64. The van der Waals surface area contributed by atoms with Crippen molar-refractivity contribution in [1.82, 2.24) is 9.21 Å². The standard InChI is InChI=1S/C19H26N2O5S/c1-2-20-12-19(15-10-24-11-16(15)20)5-7-21(8-6-19)27(22,23)14-3-4-17-18(9-14)26-13-25-17/h3-4,9,15-16H,2,5-8,10-13H2,1H3/t15-,16+/m0/s1. The Bertz CT molecular complexity index is 835. The van der Waals surface area contributed by atoms with Crippen LogP contribution in [0.4, 0.5) is 0 Å². The maximum absolute atomic E-state index is 13.1. The summed E-state index contributed by atoms with van der Waals surface area (Å²) in [6.07, 6.45) is 1.80. The van der Waals surface area contributed by atoms with Crippen LogP contribution in [0.2, 0.25) is 0 Å². The van der Waals surface area contributed by atoms with E-state index in [1.165, 1.54) is 0 Å². The first-order valence-corrected chi connectivity index (χ1v) is 11.2. The number of likely N-dealkylation sites (N-methyl/N-ethyl adjacent to an activating group) is 1. The fourth-order valence-corrected chi connectivity index (χ4v) is 6.82. The number of fused-ring (bicyclic) bond motifs is 3. The number of hydrogen-bond acceptors (Lipinski definition) is 6. The van der Waals surface area contributed by atoms with E-state index in [2.05, 4.69) is 11.8 Å². The van der Waals surface area contributed by atoms with Gasteiger partial charge in [0.2, 0.25) is 16.8 Å². The molecule has 0 aromatic heterocycles. The fourth-order valence-electron chi connectivity index (χ4n) is 5.36. The summed E-state index contributed by atoms with van der Waals surface area (Å²) in [6.45, 7) is 7.22. The minimum absolute atomic E-state index is 0.142. The molecule has 27 heavy (non-hydrogen) atoms. The maximum Gasteiger partial charge on any atom is 0.243 e. The van der Waals surface area contributed by atoms with E-state index in [-0.39, 0.29) is 17.1 Å². The second-order valence-corrected chi connectivity index (χ2v) is 9.99. The van der Waals surface area contributed by atoms with Crippen molar-refractivity contribution in [1.29, 1.82) is 0 Å². The molecule has 3 saturated heterocycles. The number of piperidine rings is 1. The molecule has 0 aliphatic carbocycles. The molecule has 4 heterocycles. The van der Waals surface area contributed by atoms with Crippen molar-refractivity contribution in [3.63, 3.8) is 0 Å². The molecule has 0 radical (unpaired) electrons. The minimum Gasteiger partial charge on any atom is -0.454 e. The third-order valence-corrected chi connectivity index (χ3v) is 8.82. The molecule has 8 heteroatoms. The summed E-state index contributed by atoms with van der Waals surface area (Å²) in [6, 6.07) is 5.38. The molecular formula is C19H26N2O5S. The Morgan fingerprint density at radius 1 is 1.15 bits per heavy atom. The molecule has 0 N–H and O–H groups in total. The summed E-state index contributed by atoms with van der Waals surface area (Å²) in [7, 11) is -3.52. The average Bonchev–Trinajstić information content (AvgIpc) is 3.39. The van der Waals surface area contributed by atoms with Gasteiger partial charge in [-0.15, -0.1) is 0 Å². The Hall–Kier alpha value is -1.35. The van der Waals surface area contributed by atoms with E-state index >= 15 is 0 Å². The van der Waals surface area contributed by atoms with Gasteiger partial charge in [0.1, 0.15) is 0 Å². The molecule has 3 fully saturated rings. The van der Waals surface area contributed by atoms with Crippen LogP contribution in [0.5, 0.6) is 11.5 Å². The predicted molar refractivity (Wildman–Crippen MR) is 98.3 cm³/mol. The van der Waals surface area contributed by atoms with E-state index < -0.39 is 10.0 Å². The fraction of sp³-hybridized carbons (Fsp3) is 0.684. The Morgan fingerprint density at radius 3 is 2.70 bits per heavy atom. The van der Waals surface area contributed by atoms with Crippen LogP contribution in [0.25, 0.3) is 0 Å². The van der Waals surface area contributed by atoms with Crippen molar-refractivity contribution < 1.29 is 22.6 Å². The summed E-state index contributed by atoms with van der Waals surface area (Å²) >= 11 is 0. The van der Waals surface area contributed by atoms with E-state index in [1.54, 1.807) is 22.5 Å². The van der Waals surface area contributed by atoms with Crippen molar-refractivity contribution in [2.75, 3.05) is 46.2 Å². The monoisotopic (exact) mass is 394 g/mol. The lowest BCUT2D eigenvalue weighted by atomic mass is 9.70. The zero-order valence-corrected chi connectivity index (χ0v) is 16.4. The Labute approximate surface area is 160 Å². The van der Waals surface area contributed by atoms with Crippen LogP contribution in [-0.2, 0) is 14.8 Å². The van der Waals surface area contributed by atoms with E-state index in [0.29, 0.717) is 36.5 Å². The molecule has 0 bridgehead atoms. The minimum atomic E-state index is -3.52. The van der Waals surface area contributed by atoms with Crippen LogP contribution >= 0.6 is 0 Å². The largest absolute Gasteiger partial charge is 0.454 e. The molecule has 0 unspecified atom stereocenters. The topological polar surface area (TPSA) is 68.3 Å². The second-order valence-electron chi connectivity index (χ2n) is 8.06. The first kappa shape index (κ1) is 17.7. The number of nitrogens with zero attached hydrogens (tertiary/aromatic N) is 2. The van der Waals surface area contributed by atoms with Gasteiger partial charge in [-0.25, -0.2) is 8.42 Å². The highest BCUT2D eigenvalue weighted by atomic mass is 32.2. The lowest BCUT2D eigenvalue weighted by Crippen LogP contribution is -2.46. The summed E-state index contributed by atoms with van der Waals surface area (Å²) in [5.41, 5.74) is 0.193. The van der Waals surface area contributed by atoms with Crippen molar-refractivity contribution >= 4 is 10.0 Å². The third kappa shape index (κ3) is 2.68. The summed E-state index contributed by atoms with van der Waals surface area (Å²) in [5, 5.41) is 0. The van der Waals surface area contributed by atoms with Gasteiger partial charge in [0.05, 0.1) is 18.1 Å². The molecule has 148 valence electrons. The molecule has 1 aromatic carbocycles. The van der Waals surface area contributed by atoms with E-state index in [0.717, 1.165) is 39.1 Å². The molecular weight excluding hydrogens is 368 g/mol. The number of benzene rings is 1. The van der Waals surface area contributed by atoms with Gasteiger partial charge in [-0.1, -0.05) is 6.92 Å². The number of hydrogen-bond donors (Lipinski definition) is 0. The molecule has 1 aromatic rings. The lowest BCUT2D eigenvalue weighted by molar-refractivity contribution is 0.0720. The Morgan fingerprint density at radius 2 is 1.93 bits per heavy atom. The molecule has 4 aliphatic heterocycles. The van der Waals surface area contributed by atoms with E-state index in [1.807, 2.05) is 0 Å². The van der Waals surface area contributed by atoms with Gasteiger partial charge < -0.3 is 14.2 Å². The summed E-state index contributed by atoms with van der Waals surface area (Å²) < 4.78 is 44.3. The van der Waals surface area contributed by atoms with Crippen molar-refractivity contribution in [3.8, 4) is 11.5 Å². The SMILES string of the molecule is CCN1CC2(CCN(S(=O)(=O)c3ccc4c(c3)OCO4)CC2)[C@H]2COC[C@H]21. The van der Waals surface area contributed by atoms with Crippen LogP contribution in [0.1, 0.15) is 19.8 Å². The van der Waals surface area contributed by atoms with Gasteiger partial charge in [-0.3, -0.25) is 4.90 Å². The van der Waals surface area contributed by atoms with Gasteiger partial charge in [0.25, 0.3) is 0 Å². The van der Waals surface area contributed by atoms with Gasteiger partial charge in [0, 0.05) is 37.7 Å². The van der Waals surface area contributed by atoms with Crippen molar-refractivity contribution in [2.45, 2.75) is 30.7 Å². The second kappa shape index (κ2) is 6.34. The van der Waals surface area contributed by atoms with Gasteiger partial charge in [-0.2, -0.15) is 4.31 Å². The highest BCUT2D eigenvalue weighted by Gasteiger charge is 2.55. The highest BCUT2D eigenvalue weighted by molar-refractivity contribution is 7.89. The predicted octanol–water partition coefficient (Wildman–Crippen LogP) is 1.54. The van der Waals surface area contributed by atoms with Gasteiger partial charge in [-0.05, 0) is 36.9 Å². The van der Waals surface area contributed by atoms with Crippen LogP contribution < -0.4 is 9.47 Å². The van der Waals surface area contributed by atoms with Gasteiger partial charge >= 0.3 is 0 Å². The number of ether oxygens (including phenoxy) is 3. The highest BCUT2D eigenvalue weighted by Crippen LogP contribution is 2.50. The Balaban J connectivity index is 1.34. The third-order valence-electron chi connectivity index (χ3n) is 6.93.